The molecular weight excluding hydrogens is 204 g/mol. The van der Waals surface area contributed by atoms with E-state index in [0.29, 0.717) is 6.54 Å². The van der Waals surface area contributed by atoms with Crippen LogP contribution in [0.3, 0.4) is 0 Å². The van der Waals surface area contributed by atoms with Crippen molar-refractivity contribution in [3.05, 3.63) is 0 Å². The Kier molecular flexibility index (Phi) is 3.82. The minimum Gasteiger partial charge on any atom is -0.376 e. The first-order valence-corrected chi connectivity index (χ1v) is 6.42. The lowest BCUT2D eigenvalue weighted by atomic mass is 9.93. The zero-order valence-electron chi connectivity index (χ0n) is 10.1. The molecule has 0 saturated carbocycles. The largest absolute Gasteiger partial charge is 0.376 e. The molecule has 4 heteroatoms. The Bertz CT molecular complexity index is 243. The summed E-state index contributed by atoms with van der Waals surface area (Å²) in [6, 6.07) is 0. The van der Waals surface area contributed by atoms with Crippen molar-refractivity contribution in [2.45, 2.75) is 50.7 Å². The third-order valence-electron chi connectivity index (χ3n) is 3.80. The Morgan fingerprint density at radius 1 is 1.56 bits per heavy atom. The minimum atomic E-state index is -0.307. The second-order valence-corrected chi connectivity index (χ2v) is 4.81. The second kappa shape index (κ2) is 5.15. The van der Waals surface area contributed by atoms with E-state index in [1.165, 1.54) is 0 Å². The third-order valence-corrected chi connectivity index (χ3v) is 3.80. The quantitative estimate of drug-likeness (QED) is 0.746. The van der Waals surface area contributed by atoms with E-state index in [4.69, 9.17) is 4.74 Å². The van der Waals surface area contributed by atoms with Crippen molar-refractivity contribution in [3.63, 3.8) is 0 Å². The standard InChI is InChI=1S/C12H22N2O2/c1-2-12(6-4-7-14-12)11(15)13-9-10-5-3-8-16-10/h10,14H,2-9H2,1H3,(H,13,15). The highest BCUT2D eigenvalue weighted by atomic mass is 16.5. The molecule has 0 aliphatic carbocycles. The SMILES string of the molecule is CCC1(C(=O)NCC2CCCO2)CCCN1. The summed E-state index contributed by atoms with van der Waals surface area (Å²) in [4.78, 5) is 12.1. The average Bonchev–Trinajstić information content (AvgIpc) is 2.97. The van der Waals surface area contributed by atoms with E-state index in [1.54, 1.807) is 0 Å². The maximum absolute atomic E-state index is 12.1. The van der Waals surface area contributed by atoms with Crippen LogP contribution >= 0.6 is 0 Å². The molecule has 2 unspecified atom stereocenters. The molecule has 0 radical (unpaired) electrons. The Balaban J connectivity index is 1.81. The van der Waals surface area contributed by atoms with Gasteiger partial charge in [-0.15, -0.1) is 0 Å². The van der Waals surface area contributed by atoms with Crippen molar-refractivity contribution >= 4 is 5.91 Å². The molecule has 0 aromatic rings. The van der Waals surface area contributed by atoms with Gasteiger partial charge in [0.2, 0.25) is 5.91 Å². The van der Waals surface area contributed by atoms with Gasteiger partial charge in [0.1, 0.15) is 0 Å². The first-order chi connectivity index (χ1) is 7.77. The van der Waals surface area contributed by atoms with Gasteiger partial charge in [-0.1, -0.05) is 6.92 Å². The van der Waals surface area contributed by atoms with Gasteiger partial charge in [0.25, 0.3) is 0 Å². The Hall–Kier alpha value is -0.610. The summed E-state index contributed by atoms with van der Waals surface area (Å²) in [6.45, 7) is 4.55. The highest BCUT2D eigenvalue weighted by Crippen LogP contribution is 2.23. The molecule has 2 N–H and O–H groups in total. The highest BCUT2D eigenvalue weighted by molar-refractivity contribution is 5.86. The van der Waals surface area contributed by atoms with E-state index in [-0.39, 0.29) is 17.6 Å². The maximum atomic E-state index is 12.1. The lowest BCUT2D eigenvalue weighted by Crippen LogP contribution is -2.54. The topological polar surface area (TPSA) is 50.4 Å². The summed E-state index contributed by atoms with van der Waals surface area (Å²) >= 11 is 0. The van der Waals surface area contributed by atoms with Gasteiger partial charge in [0.05, 0.1) is 11.6 Å². The van der Waals surface area contributed by atoms with Gasteiger partial charge < -0.3 is 15.4 Å². The molecule has 0 bridgehead atoms. The summed E-state index contributed by atoms with van der Waals surface area (Å²) in [6.07, 6.45) is 5.36. The fourth-order valence-corrected chi connectivity index (χ4v) is 2.64. The number of hydrogen-bond donors (Lipinski definition) is 2. The summed E-state index contributed by atoms with van der Waals surface area (Å²) < 4.78 is 5.50. The number of rotatable bonds is 4. The first kappa shape index (κ1) is 11.9. The number of carbonyl (C=O) groups excluding carboxylic acids is 1. The summed E-state index contributed by atoms with van der Waals surface area (Å²) in [7, 11) is 0. The van der Waals surface area contributed by atoms with Gasteiger partial charge >= 0.3 is 0 Å². The van der Waals surface area contributed by atoms with Crippen LogP contribution in [0.1, 0.15) is 39.0 Å². The number of ether oxygens (including phenoxy) is 1. The molecule has 2 aliphatic rings. The van der Waals surface area contributed by atoms with Crippen molar-refractivity contribution in [3.8, 4) is 0 Å². The third kappa shape index (κ3) is 2.38. The zero-order valence-corrected chi connectivity index (χ0v) is 10.1. The van der Waals surface area contributed by atoms with Gasteiger partial charge in [-0.3, -0.25) is 4.79 Å². The van der Waals surface area contributed by atoms with E-state index < -0.39 is 0 Å². The molecule has 2 atom stereocenters. The van der Waals surface area contributed by atoms with Crippen LogP contribution in [0.5, 0.6) is 0 Å². The van der Waals surface area contributed by atoms with Crippen LogP contribution in [0.15, 0.2) is 0 Å². The van der Waals surface area contributed by atoms with Crippen LogP contribution in [0.2, 0.25) is 0 Å². The molecule has 1 amide bonds. The van der Waals surface area contributed by atoms with E-state index in [9.17, 15) is 4.79 Å². The number of hydrogen-bond acceptors (Lipinski definition) is 3. The van der Waals surface area contributed by atoms with Crippen molar-refractivity contribution in [1.29, 1.82) is 0 Å². The van der Waals surface area contributed by atoms with Gasteiger partial charge in [0.15, 0.2) is 0 Å². The molecule has 4 nitrogen and oxygen atoms in total. The molecular formula is C12H22N2O2. The Labute approximate surface area is 97.1 Å². The van der Waals surface area contributed by atoms with Gasteiger partial charge in [-0.25, -0.2) is 0 Å². The monoisotopic (exact) mass is 226 g/mol. The van der Waals surface area contributed by atoms with Crippen LogP contribution in [0.25, 0.3) is 0 Å². The van der Waals surface area contributed by atoms with Crippen molar-refractivity contribution in [2.24, 2.45) is 0 Å². The number of nitrogens with one attached hydrogen (secondary N) is 2. The van der Waals surface area contributed by atoms with Crippen LogP contribution in [-0.2, 0) is 9.53 Å². The minimum absolute atomic E-state index is 0.156. The smallest absolute Gasteiger partial charge is 0.240 e. The Morgan fingerprint density at radius 3 is 3.00 bits per heavy atom. The lowest BCUT2D eigenvalue weighted by Gasteiger charge is -2.27. The highest BCUT2D eigenvalue weighted by Gasteiger charge is 2.39. The zero-order chi connectivity index (χ0) is 11.4. The lowest BCUT2D eigenvalue weighted by molar-refractivity contribution is -0.127. The van der Waals surface area contributed by atoms with Crippen LogP contribution in [-0.4, -0.2) is 37.2 Å². The molecule has 92 valence electrons. The summed E-state index contributed by atoms with van der Waals surface area (Å²) in [5.41, 5.74) is -0.307. The van der Waals surface area contributed by atoms with E-state index >= 15 is 0 Å². The molecule has 2 aliphatic heterocycles. The summed E-state index contributed by atoms with van der Waals surface area (Å²) in [5, 5.41) is 6.37. The molecule has 0 aromatic heterocycles. The van der Waals surface area contributed by atoms with E-state index in [2.05, 4.69) is 17.6 Å². The number of amides is 1. The Morgan fingerprint density at radius 2 is 2.44 bits per heavy atom. The van der Waals surface area contributed by atoms with Crippen molar-refractivity contribution in [2.75, 3.05) is 19.7 Å². The van der Waals surface area contributed by atoms with Crippen molar-refractivity contribution < 1.29 is 9.53 Å². The number of carbonyl (C=O) groups is 1. The summed E-state index contributed by atoms with van der Waals surface area (Å²) in [5.74, 6) is 0.156. The van der Waals surface area contributed by atoms with Crippen LogP contribution in [0, 0.1) is 0 Å². The van der Waals surface area contributed by atoms with Gasteiger partial charge in [-0.05, 0) is 38.6 Å². The molecule has 2 fully saturated rings. The molecule has 2 rings (SSSR count). The van der Waals surface area contributed by atoms with Gasteiger partial charge in [0, 0.05) is 13.2 Å². The van der Waals surface area contributed by atoms with E-state index in [0.717, 1.165) is 45.3 Å². The fraction of sp³-hybridized carbons (Fsp3) is 0.917. The van der Waals surface area contributed by atoms with Crippen LogP contribution in [0.4, 0.5) is 0 Å². The molecule has 0 aromatic carbocycles. The molecule has 16 heavy (non-hydrogen) atoms. The maximum Gasteiger partial charge on any atom is 0.240 e. The fourth-order valence-electron chi connectivity index (χ4n) is 2.64. The van der Waals surface area contributed by atoms with Crippen LogP contribution < -0.4 is 10.6 Å². The molecule has 2 heterocycles. The molecule has 0 spiro atoms. The second-order valence-electron chi connectivity index (χ2n) is 4.81. The van der Waals surface area contributed by atoms with Crippen molar-refractivity contribution in [1.82, 2.24) is 10.6 Å². The first-order valence-electron chi connectivity index (χ1n) is 6.42. The predicted octanol–water partition coefficient (Wildman–Crippen LogP) is 0.814. The normalized spacial score (nSPS) is 34.2. The molecule has 2 saturated heterocycles. The average molecular weight is 226 g/mol. The van der Waals surface area contributed by atoms with E-state index in [1.807, 2.05) is 0 Å². The predicted molar refractivity (Wildman–Crippen MR) is 62.2 cm³/mol. The van der Waals surface area contributed by atoms with Gasteiger partial charge in [-0.2, -0.15) is 0 Å².